The second-order valence-corrected chi connectivity index (χ2v) is 10.6. The number of nitrogens with one attached hydrogen (secondary N) is 1. The Hall–Kier alpha value is -1.74. The Morgan fingerprint density at radius 2 is 1.52 bits per heavy atom. The molecule has 2 aromatic rings. The van der Waals surface area contributed by atoms with E-state index in [0.717, 1.165) is 17.4 Å². The van der Waals surface area contributed by atoms with Gasteiger partial charge in [-0.1, -0.05) is 30.3 Å². The van der Waals surface area contributed by atoms with Crippen LogP contribution in [0.4, 0.5) is 0 Å². The summed E-state index contributed by atoms with van der Waals surface area (Å²) in [5, 5.41) is 0. The third-order valence-corrected chi connectivity index (χ3v) is 6.93. The molecule has 0 aromatic heterocycles. The smallest absolute Gasteiger partial charge is 0.240 e. The molecule has 0 radical (unpaired) electrons. The fraction of sp³-hybridized carbons (Fsp3) is 0.368. The lowest BCUT2D eigenvalue weighted by Gasteiger charge is -2.22. The van der Waals surface area contributed by atoms with Gasteiger partial charge in [0.1, 0.15) is 0 Å². The van der Waals surface area contributed by atoms with Crippen LogP contribution in [0.2, 0.25) is 0 Å². The van der Waals surface area contributed by atoms with Crippen molar-refractivity contribution in [1.29, 1.82) is 0 Å². The molecular formula is C19H26N2O4S2. The van der Waals surface area contributed by atoms with Gasteiger partial charge in [0.2, 0.25) is 10.0 Å². The topological polar surface area (TPSA) is 83.6 Å². The maximum absolute atomic E-state index is 12.6. The predicted molar refractivity (Wildman–Crippen MR) is 107 cm³/mol. The number of sulfone groups is 1. The standard InChI is InChI=1S/C19H26N2O4S2/c1-15(2)21(3)14-17-9-6-5-8-16(17)13-20-27(24,25)19-11-7-10-18(12-19)26(4,22)23/h5-12,15,20H,13-14H2,1-4H3. The average Bonchev–Trinajstić information content (AvgIpc) is 2.60. The Morgan fingerprint density at radius 3 is 2.11 bits per heavy atom. The molecule has 0 amide bonds. The van der Waals surface area contributed by atoms with Crippen molar-refractivity contribution in [3.05, 3.63) is 59.7 Å². The molecule has 0 atom stereocenters. The molecular weight excluding hydrogens is 384 g/mol. The number of hydrogen-bond donors (Lipinski definition) is 1. The Labute approximate surface area is 162 Å². The van der Waals surface area contributed by atoms with Crippen LogP contribution in [0.1, 0.15) is 25.0 Å². The van der Waals surface area contributed by atoms with Gasteiger partial charge in [-0.05, 0) is 50.2 Å². The Kier molecular flexibility index (Phi) is 6.80. The molecule has 0 aliphatic carbocycles. The van der Waals surface area contributed by atoms with E-state index in [1.807, 2.05) is 31.3 Å². The van der Waals surface area contributed by atoms with Crippen LogP contribution in [0.5, 0.6) is 0 Å². The molecule has 0 aliphatic rings. The first-order valence-electron chi connectivity index (χ1n) is 8.57. The summed E-state index contributed by atoms with van der Waals surface area (Å²) in [6.45, 7) is 5.03. The normalized spacial score (nSPS) is 12.7. The SMILES string of the molecule is CC(C)N(C)Cc1ccccc1CNS(=O)(=O)c1cccc(S(C)(=O)=O)c1. The monoisotopic (exact) mass is 410 g/mol. The van der Waals surface area contributed by atoms with Crippen molar-refractivity contribution in [3.63, 3.8) is 0 Å². The first-order valence-corrected chi connectivity index (χ1v) is 11.9. The van der Waals surface area contributed by atoms with Gasteiger partial charge in [-0.15, -0.1) is 0 Å². The van der Waals surface area contributed by atoms with Gasteiger partial charge in [-0.25, -0.2) is 21.6 Å². The summed E-state index contributed by atoms with van der Waals surface area (Å²) in [6, 6.07) is 13.4. The molecule has 0 saturated carbocycles. The van der Waals surface area contributed by atoms with E-state index < -0.39 is 19.9 Å². The van der Waals surface area contributed by atoms with E-state index in [4.69, 9.17) is 0 Å². The van der Waals surface area contributed by atoms with E-state index in [2.05, 4.69) is 23.5 Å². The largest absolute Gasteiger partial charge is 0.300 e. The molecule has 0 unspecified atom stereocenters. The van der Waals surface area contributed by atoms with Crippen molar-refractivity contribution in [3.8, 4) is 0 Å². The molecule has 6 nitrogen and oxygen atoms in total. The van der Waals surface area contributed by atoms with E-state index in [-0.39, 0.29) is 16.3 Å². The highest BCUT2D eigenvalue weighted by atomic mass is 32.2. The van der Waals surface area contributed by atoms with Gasteiger partial charge < -0.3 is 0 Å². The second-order valence-electron chi connectivity index (χ2n) is 6.85. The van der Waals surface area contributed by atoms with Crippen LogP contribution in [0.15, 0.2) is 58.3 Å². The van der Waals surface area contributed by atoms with E-state index in [1.54, 1.807) is 0 Å². The highest BCUT2D eigenvalue weighted by Gasteiger charge is 2.18. The van der Waals surface area contributed by atoms with Crippen LogP contribution in [0.25, 0.3) is 0 Å². The van der Waals surface area contributed by atoms with Crippen LogP contribution < -0.4 is 4.72 Å². The minimum atomic E-state index is -3.83. The molecule has 2 rings (SSSR count). The molecule has 0 heterocycles. The first-order chi connectivity index (χ1) is 12.5. The van der Waals surface area contributed by atoms with Crippen molar-refractivity contribution in [2.75, 3.05) is 13.3 Å². The third-order valence-electron chi connectivity index (χ3n) is 4.42. The zero-order valence-electron chi connectivity index (χ0n) is 16.0. The summed E-state index contributed by atoms with van der Waals surface area (Å²) in [5.41, 5.74) is 1.93. The first kappa shape index (κ1) is 21.6. The van der Waals surface area contributed by atoms with Gasteiger partial charge in [0, 0.05) is 25.4 Å². The maximum atomic E-state index is 12.6. The van der Waals surface area contributed by atoms with Gasteiger partial charge >= 0.3 is 0 Å². The van der Waals surface area contributed by atoms with Crippen LogP contribution in [-0.4, -0.2) is 41.1 Å². The van der Waals surface area contributed by atoms with E-state index in [0.29, 0.717) is 12.6 Å². The number of rotatable bonds is 8. The van der Waals surface area contributed by atoms with Crippen LogP contribution in [0, 0.1) is 0 Å². The fourth-order valence-corrected chi connectivity index (χ4v) is 4.26. The van der Waals surface area contributed by atoms with Gasteiger partial charge in [-0.3, -0.25) is 4.90 Å². The van der Waals surface area contributed by atoms with Gasteiger partial charge in [-0.2, -0.15) is 0 Å². The third kappa shape index (κ3) is 5.87. The van der Waals surface area contributed by atoms with Crippen molar-refractivity contribution >= 4 is 19.9 Å². The summed E-state index contributed by atoms with van der Waals surface area (Å²) in [5.74, 6) is 0. The van der Waals surface area contributed by atoms with Crippen molar-refractivity contribution in [2.24, 2.45) is 0 Å². The number of benzene rings is 2. The molecule has 8 heteroatoms. The van der Waals surface area contributed by atoms with Crippen LogP contribution >= 0.6 is 0 Å². The summed E-state index contributed by atoms with van der Waals surface area (Å²) < 4.78 is 51.1. The number of sulfonamides is 1. The lowest BCUT2D eigenvalue weighted by molar-refractivity contribution is 0.265. The highest BCUT2D eigenvalue weighted by molar-refractivity contribution is 7.91. The minimum absolute atomic E-state index is 0.0238. The summed E-state index contributed by atoms with van der Waals surface area (Å²) in [4.78, 5) is 2.08. The molecule has 148 valence electrons. The van der Waals surface area contributed by atoms with Crippen LogP contribution in [-0.2, 0) is 33.0 Å². The maximum Gasteiger partial charge on any atom is 0.240 e. The van der Waals surface area contributed by atoms with E-state index >= 15 is 0 Å². The lowest BCUT2D eigenvalue weighted by atomic mass is 10.1. The van der Waals surface area contributed by atoms with Crippen molar-refractivity contribution in [1.82, 2.24) is 9.62 Å². The predicted octanol–water partition coefficient (Wildman–Crippen LogP) is 2.41. The quantitative estimate of drug-likeness (QED) is 0.723. The Bertz CT molecular complexity index is 1000. The van der Waals surface area contributed by atoms with Crippen molar-refractivity contribution < 1.29 is 16.8 Å². The minimum Gasteiger partial charge on any atom is -0.300 e. The van der Waals surface area contributed by atoms with Gasteiger partial charge in [0.25, 0.3) is 0 Å². The van der Waals surface area contributed by atoms with Crippen LogP contribution in [0.3, 0.4) is 0 Å². The highest BCUT2D eigenvalue weighted by Crippen LogP contribution is 2.17. The van der Waals surface area contributed by atoms with Gasteiger partial charge in [0.15, 0.2) is 9.84 Å². The molecule has 1 N–H and O–H groups in total. The summed E-state index contributed by atoms with van der Waals surface area (Å²) in [6.07, 6.45) is 1.05. The van der Waals surface area contributed by atoms with E-state index in [1.165, 1.54) is 24.3 Å². The Morgan fingerprint density at radius 1 is 0.926 bits per heavy atom. The molecule has 27 heavy (non-hydrogen) atoms. The zero-order chi connectivity index (χ0) is 20.2. The molecule has 0 bridgehead atoms. The average molecular weight is 411 g/mol. The summed E-state index contributed by atoms with van der Waals surface area (Å²) in [7, 11) is -5.29. The Balaban J connectivity index is 2.22. The van der Waals surface area contributed by atoms with Gasteiger partial charge in [0.05, 0.1) is 9.79 Å². The molecule has 0 aliphatic heterocycles. The molecule has 0 fully saturated rings. The summed E-state index contributed by atoms with van der Waals surface area (Å²) >= 11 is 0. The molecule has 2 aromatic carbocycles. The van der Waals surface area contributed by atoms with E-state index in [9.17, 15) is 16.8 Å². The lowest BCUT2D eigenvalue weighted by Crippen LogP contribution is -2.28. The molecule has 0 saturated heterocycles. The fourth-order valence-electron chi connectivity index (χ4n) is 2.46. The molecule has 0 spiro atoms. The second kappa shape index (κ2) is 8.52. The van der Waals surface area contributed by atoms with Crippen molar-refractivity contribution in [2.45, 2.75) is 42.8 Å². The number of nitrogens with zero attached hydrogens (tertiary/aromatic N) is 1. The number of hydrogen-bond acceptors (Lipinski definition) is 5. The zero-order valence-corrected chi connectivity index (χ0v) is 17.6.